The topological polar surface area (TPSA) is 84.5 Å². The number of ether oxygens (including phenoxy) is 2. The number of nitrogens with one attached hydrogen (secondary N) is 1. The van der Waals surface area contributed by atoms with Crippen LogP contribution >= 0.6 is 0 Å². The van der Waals surface area contributed by atoms with Crippen LogP contribution in [0, 0.1) is 0 Å². The minimum absolute atomic E-state index is 0.179. The molecule has 0 aliphatic carbocycles. The van der Waals surface area contributed by atoms with Gasteiger partial charge in [-0.1, -0.05) is 18.2 Å². The molecular formula is C23H25N3O4. The maximum atomic E-state index is 12.7. The van der Waals surface area contributed by atoms with Crippen molar-refractivity contribution in [3.63, 3.8) is 0 Å². The van der Waals surface area contributed by atoms with E-state index in [1.807, 2.05) is 32.0 Å². The lowest BCUT2D eigenvalue weighted by Gasteiger charge is -2.18. The zero-order chi connectivity index (χ0) is 21.5. The van der Waals surface area contributed by atoms with Crippen molar-refractivity contribution >= 4 is 22.9 Å². The van der Waals surface area contributed by atoms with Crippen LogP contribution in [0.5, 0.6) is 11.5 Å². The van der Waals surface area contributed by atoms with Crippen LogP contribution < -0.4 is 15.0 Å². The molecule has 0 aliphatic rings. The number of fused-ring (bicyclic) bond motifs is 1. The number of nitrogens with zero attached hydrogens (tertiary/aromatic N) is 2. The standard InChI is InChI=1S/C23H25N3O4/c1-4-26(15-21-24-18-9-7-6-8-17(18)23(28)25-21)22(27)13-11-16-10-12-19(29-3)20(14-16)30-5-2/h6-14H,4-5,15H2,1-3H3,(H,24,25,28). The third kappa shape index (κ3) is 4.86. The fourth-order valence-corrected chi connectivity index (χ4v) is 3.07. The number of amides is 1. The fourth-order valence-electron chi connectivity index (χ4n) is 3.07. The normalized spacial score (nSPS) is 11.0. The van der Waals surface area contributed by atoms with Crippen molar-refractivity contribution in [3.05, 3.63) is 70.3 Å². The van der Waals surface area contributed by atoms with E-state index in [1.54, 1.807) is 42.4 Å². The summed E-state index contributed by atoms with van der Waals surface area (Å²) in [5.74, 6) is 1.54. The molecule has 0 saturated heterocycles. The van der Waals surface area contributed by atoms with Crippen molar-refractivity contribution in [3.8, 4) is 11.5 Å². The van der Waals surface area contributed by atoms with Gasteiger partial charge in [0.2, 0.25) is 5.91 Å². The van der Waals surface area contributed by atoms with Gasteiger partial charge in [-0.25, -0.2) is 4.98 Å². The van der Waals surface area contributed by atoms with Crippen LogP contribution in [0.2, 0.25) is 0 Å². The maximum absolute atomic E-state index is 12.7. The molecular weight excluding hydrogens is 382 g/mol. The molecule has 30 heavy (non-hydrogen) atoms. The van der Waals surface area contributed by atoms with E-state index in [0.717, 1.165) is 5.56 Å². The molecule has 1 amide bonds. The van der Waals surface area contributed by atoms with Gasteiger partial charge in [0.15, 0.2) is 11.5 Å². The van der Waals surface area contributed by atoms with Crippen molar-refractivity contribution in [2.24, 2.45) is 0 Å². The van der Waals surface area contributed by atoms with Crippen LogP contribution in [0.1, 0.15) is 25.2 Å². The number of hydrogen-bond acceptors (Lipinski definition) is 5. The molecule has 0 unspecified atom stereocenters. The lowest BCUT2D eigenvalue weighted by molar-refractivity contribution is -0.126. The molecule has 0 radical (unpaired) electrons. The van der Waals surface area contributed by atoms with Gasteiger partial charge < -0.3 is 19.4 Å². The highest BCUT2D eigenvalue weighted by Gasteiger charge is 2.12. The van der Waals surface area contributed by atoms with Crippen LogP contribution in [0.4, 0.5) is 0 Å². The van der Waals surface area contributed by atoms with Crippen LogP contribution in [-0.4, -0.2) is 41.0 Å². The van der Waals surface area contributed by atoms with Gasteiger partial charge in [0.1, 0.15) is 5.82 Å². The molecule has 0 bridgehead atoms. The number of rotatable bonds is 8. The van der Waals surface area contributed by atoms with Gasteiger partial charge in [-0.05, 0) is 49.8 Å². The van der Waals surface area contributed by atoms with Crippen LogP contribution in [-0.2, 0) is 11.3 Å². The predicted molar refractivity (Wildman–Crippen MR) is 117 cm³/mol. The Morgan fingerprint density at radius 3 is 2.70 bits per heavy atom. The molecule has 1 aromatic heterocycles. The van der Waals surface area contributed by atoms with Gasteiger partial charge in [-0.15, -0.1) is 0 Å². The monoisotopic (exact) mass is 407 g/mol. The van der Waals surface area contributed by atoms with Crippen LogP contribution in [0.25, 0.3) is 17.0 Å². The minimum atomic E-state index is -0.212. The molecule has 156 valence electrons. The molecule has 7 nitrogen and oxygen atoms in total. The summed E-state index contributed by atoms with van der Waals surface area (Å²) < 4.78 is 10.9. The summed E-state index contributed by atoms with van der Waals surface area (Å²) in [4.78, 5) is 33.8. The Hall–Kier alpha value is -3.61. The Morgan fingerprint density at radius 1 is 1.17 bits per heavy atom. The van der Waals surface area contributed by atoms with E-state index in [-0.39, 0.29) is 18.0 Å². The summed E-state index contributed by atoms with van der Waals surface area (Å²) in [6.45, 7) is 4.99. The number of benzene rings is 2. The first-order chi connectivity index (χ1) is 14.5. The summed E-state index contributed by atoms with van der Waals surface area (Å²) in [6.07, 6.45) is 3.23. The quantitative estimate of drug-likeness (QED) is 0.579. The predicted octanol–water partition coefficient (Wildman–Crippen LogP) is 3.39. The minimum Gasteiger partial charge on any atom is -0.493 e. The van der Waals surface area contributed by atoms with E-state index in [2.05, 4.69) is 9.97 Å². The molecule has 0 spiro atoms. The van der Waals surface area contributed by atoms with Gasteiger partial charge in [0.25, 0.3) is 5.56 Å². The SMILES string of the molecule is CCOc1cc(C=CC(=O)N(CC)Cc2nc3ccccc3c(=O)[nH]2)ccc1OC. The zero-order valence-corrected chi connectivity index (χ0v) is 17.3. The van der Waals surface area contributed by atoms with Gasteiger partial charge in [0.05, 0.1) is 31.2 Å². The molecule has 0 saturated carbocycles. The van der Waals surface area contributed by atoms with Crippen molar-refractivity contribution in [2.75, 3.05) is 20.3 Å². The number of aromatic amines is 1. The van der Waals surface area contributed by atoms with Crippen molar-refractivity contribution in [2.45, 2.75) is 20.4 Å². The average molecular weight is 407 g/mol. The second-order valence-electron chi connectivity index (χ2n) is 6.56. The maximum Gasteiger partial charge on any atom is 0.258 e. The van der Waals surface area contributed by atoms with E-state index in [1.165, 1.54) is 6.08 Å². The van der Waals surface area contributed by atoms with Gasteiger partial charge >= 0.3 is 0 Å². The first-order valence-corrected chi connectivity index (χ1v) is 9.81. The first kappa shape index (κ1) is 21.1. The molecule has 0 aliphatic heterocycles. The number of likely N-dealkylation sites (N-methyl/N-ethyl adjacent to an activating group) is 1. The molecule has 2 aromatic carbocycles. The molecule has 0 atom stereocenters. The zero-order valence-electron chi connectivity index (χ0n) is 17.3. The van der Waals surface area contributed by atoms with Crippen molar-refractivity contribution < 1.29 is 14.3 Å². The number of carbonyl (C=O) groups is 1. The van der Waals surface area contributed by atoms with Crippen LogP contribution in [0.15, 0.2) is 53.3 Å². The lowest BCUT2D eigenvalue weighted by Crippen LogP contribution is -2.30. The number of para-hydroxylation sites is 1. The average Bonchev–Trinajstić information content (AvgIpc) is 2.76. The molecule has 7 heteroatoms. The highest BCUT2D eigenvalue weighted by Crippen LogP contribution is 2.28. The van der Waals surface area contributed by atoms with E-state index in [4.69, 9.17) is 9.47 Å². The summed E-state index contributed by atoms with van der Waals surface area (Å²) >= 11 is 0. The summed E-state index contributed by atoms with van der Waals surface area (Å²) in [5.41, 5.74) is 1.22. The summed E-state index contributed by atoms with van der Waals surface area (Å²) in [6, 6.07) is 12.6. The third-order valence-corrected chi connectivity index (χ3v) is 4.60. The fraction of sp³-hybridized carbons (Fsp3) is 0.261. The number of methoxy groups -OCH3 is 1. The summed E-state index contributed by atoms with van der Waals surface area (Å²) in [7, 11) is 1.58. The number of H-pyrrole nitrogens is 1. The Bertz CT molecular complexity index is 1120. The number of aromatic nitrogens is 2. The third-order valence-electron chi connectivity index (χ3n) is 4.60. The Morgan fingerprint density at radius 2 is 1.97 bits per heavy atom. The van der Waals surface area contributed by atoms with Gasteiger partial charge in [0, 0.05) is 12.6 Å². The molecule has 3 aromatic rings. The number of hydrogen-bond donors (Lipinski definition) is 1. The van der Waals surface area contributed by atoms with E-state index < -0.39 is 0 Å². The highest BCUT2D eigenvalue weighted by atomic mass is 16.5. The Balaban J connectivity index is 1.77. The van der Waals surface area contributed by atoms with Gasteiger partial charge in [-0.3, -0.25) is 9.59 Å². The van der Waals surface area contributed by atoms with E-state index in [9.17, 15) is 9.59 Å². The highest BCUT2D eigenvalue weighted by molar-refractivity contribution is 5.91. The lowest BCUT2D eigenvalue weighted by atomic mass is 10.2. The van der Waals surface area contributed by atoms with Crippen molar-refractivity contribution in [1.82, 2.24) is 14.9 Å². The van der Waals surface area contributed by atoms with Crippen LogP contribution in [0.3, 0.4) is 0 Å². The Labute approximate surface area is 175 Å². The second-order valence-corrected chi connectivity index (χ2v) is 6.56. The summed E-state index contributed by atoms with van der Waals surface area (Å²) in [5, 5.41) is 0.528. The molecule has 1 heterocycles. The van der Waals surface area contributed by atoms with E-state index in [0.29, 0.717) is 41.4 Å². The molecule has 0 fully saturated rings. The molecule has 3 rings (SSSR count). The van der Waals surface area contributed by atoms with Crippen molar-refractivity contribution in [1.29, 1.82) is 0 Å². The first-order valence-electron chi connectivity index (χ1n) is 9.81. The smallest absolute Gasteiger partial charge is 0.258 e. The number of carbonyl (C=O) groups excluding carboxylic acids is 1. The largest absolute Gasteiger partial charge is 0.493 e. The second kappa shape index (κ2) is 9.73. The molecule has 1 N–H and O–H groups in total. The van der Waals surface area contributed by atoms with Gasteiger partial charge in [-0.2, -0.15) is 0 Å². The Kier molecular flexibility index (Phi) is 6.85. The van der Waals surface area contributed by atoms with E-state index >= 15 is 0 Å².